The molecule has 0 fully saturated rings. The molecule has 4 rings (SSSR count). The first-order chi connectivity index (χ1) is 14.6. The Kier molecular flexibility index (Phi) is 5.06. The summed E-state index contributed by atoms with van der Waals surface area (Å²) >= 11 is 0. The molecule has 0 unspecified atom stereocenters. The molecule has 0 bridgehead atoms. The second-order valence-electron chi connectivity index (χ2n) is 7.02. The van der Waals surface area contributed by atoms with Gasteiger partial charge >= 0.3 is 5.69 Å². The summed E-state index contributed by atoms with van der Waals surface area (Å²) in [5.41, 5.74) is 2.97. The molecule has 0 spiro atoms. The maximum Gasteiger partial charge on any atom is 0.332 e. The molecule has 0 amide bonds. The van der Waals surface area contributed by atoms with Gasteiger partial charge in [0.05, 0.1) is 29.1 Å². The van der Waals surface area contributed by atoms with Crippen LogP contribution in [0.25, 0.3) is 22.6 Å². The van der Waals surface area contributed by atoms with Gasteiger partial charge in [-0.1, -0.05) is 19.1 Å². The topological polar surface area (TPSA) is 125 Å². The Morgan fingerprint density at radius 3 is 2.77 bits per heavy atom. The van der Waals surface area contributed by atoms with Crippen molar-refractivity contribution in [1.82, 2.24) is 29.3 Å². The van der Waals surface area contributed by atoms with Gasteiger partial charge < -0.3 is 4.98 Å². The molecule has 2 N–H and O–H groups in total. The molecule has 0 aliphatic rings. The van der Waals surface area contributed by atoms with Gasteiger partial charge in [0.1, 0.15) is 11.3 Å². The standard InChI is InChI=1S/C21H21N7O2/c1-3-8-28-20(29)17-19(27(4-2)21(28)30)25-18(24-17)15-12-23-26-16(15)10-13-6-5-7-14(9-13)11-22/h5-7,9,12H,3-4,8,10H2,1-2H3,(H,23,26)(H,24,25). The highest BCUT2D eigenvalue weighted by Crippen LogP contribution is 2.23. The van der Waals surface area contributed by atoms with Gasteiger partial charge in [0.15, 0.2) is 5.65 Å². The van der Waals surface area contributed by atoms with Gasteiger partial charge in [0.25, 0.3) is 5.56 Å². The summed E-state index contributed by atoms with van der Waals surface area (Å²) in [7, 11) is 0. The van der Waals surface area contributed by atoms with Crippen molar-refractivity contribution in [3.63, 3.8) is 0 Å². The van der Waals surface area contributed by atoms with Crippen molar-refractivity contribution in [3.05, 3.63) is 68.1 Å². The van der Waals surface area contributed by atoms with Crippen molar-refractivity contribution in [2.45, 2.75) is 39.8 Å². The van der Waals surface area contributed by atoms with Crippen LogP contribution in [-0.2, 0) is 19.5 Å². The molecular formula is C21H21N7O2. The molecule has 9 heteroatoms. The molecule has 0 aliphatic carbocycles. The Bertz CT molecular complexity index is 1380. The normalized spacial score (nSPS) is 11.1. The van der Waals surface area contributed by atoms with Gasteiger partial charge in [-0.3, -0.25) is 19.0 Å². The van der Waals surface area contributed by atoms with E-state index < -0.39 is 0 Å². The third-order valence-corrected chi connectivity index (χ3v) is 5.04. The largest absolute Gasteiger partial charge is 0.332 e. The summed E-state index contributed by atoms with van der Waals surface area (Å²) in [6.45, 7) is 4.53. The Morgan fingerprint density at radius 1 is 1.20 bits per heavy atom. The van der Waals surface area contributed by atoms with Gasteiger partial charge in [0.2, 0.25) is 0 Å². The van der Waals surface area contributed by atoms with Crippen LogP contribution in [-0.4, -0.2) is 29.3 Å². The summed E-state index contributed by atoms with van der Waals surface area (Å²) in [6.07, 6.45) is 2.84. The number of nitrogens with zero attached hydrogens (tertiary/aromatic N) is 5. The highest BCUT2D eigenvalue weighted by Gasteiger charge is 2.19. The van der Waals surface area contributed by atoms with E-state index in [1.165, 1.54) is 9.13 Å². The minimum absolute atomic E-state index is 0.304. The summed E-state index contributed by atoms with van der Waals surface area (Å²) in [5.74, 6) is 0.470. The van der Waals surface area contributed by atoms with Crippen LogP contribution in [0.15, 0.2) is 40.1 Å². The average Bonchev–Trinajstić information content (AvgIpc) is 3.39. The number of rotatable bonds is 6. The van der Waals surface area contributed by atoms with Crippen molar-refractivity contribution in [3.8, 4) is 17.5 Å². The van der Waals surface area contributed by atoms with Crippen molar-refractivity contribution in [2.24, 2.45) is 0 Å². The summed E-state index contributed by atoms with van der Waals surface area (Å²) < 4.78 is 2.75. The fraction of sp³-hybridized carbons (Fsp3) is 0.286. The van der Waals surface area contributed by atoms with Gasteiger partial charge in [-0.05, 0) is 31.0 Å². The number of aromatic amines is 2. The molecule has 9 nitrogen and oxygen atoms in total. The molecule has 152 valence electrons. The molecule has 0 atom stereocenters. The van der Waals surface area contributed by atoms with E-state index in [0.717, 1.165) is 11.3 Å². The zero-order valence-electron chi connectivity index (χ0n) is 16.8. The lowest BCUT2D eigenvalue weighted by molar-refractivity contribution is 0.572. The Labute approximate surface area is 171 Å². The van der Waals surface area contributed by atoms with Crippen molar-refractivity contribution in [1.29, 1.82) is 5.26 Å². The van der Waals surface area contributed by atoms with Gasteiger partial charge in [-0.15, -0.1) is 0 Å². The Hall–Kier alpha value is -3.93. The number of fused-ring (bicyclic) bond motifs is 1. The molecule has 0 radical (unpaired) electrons. The van der Waals surface area contributed by atoms with E-state index >= 15 is 0 Å². The number of hydrogen-bond acceptors (Lipinski definition) is 5. The van der Waals surface area contributed by atoms with Crippen LogP contribution in [0.1, 0.15) is 37.1 Å². The number of hydrogen-bond donors (Lipinski definition) is 2. The maximum absolute atomic E-state index is 12.9. The quantitative estimate of drug-likeness (QED) is 0.510. The number of benzene rings is 1. The number of H-pyrrole nitrogens is 2. The summed E-state index contributed by atoms with van der Waals surface area (Å²) in [4.78, 5) is 33.2. The van der Waals surface area contributed by atoms with Crippen LogP contribution in [0.5, 0.6) is 0 Å². The van der Waals surface area contributed by atoms with E-state index in [0.29, 0.717) is 54.0 Å². The van der Waals surface area contributed by atoms with Crippen LogP contribution in [0.3, 0.4) is 0 Å². The second kappa shape index (κ2) is 7.83. The molecule has 1 aromatic carbocycles. The highest BCUT2D eigenvalue weighted by molar-refractivity contribution is 5.76. The number of aryl methyl sites for hydroxylation is 1. The van der Waals surface area contributed by atoms with E-state index in [2.05, 4.69) is 26.2 Å². The molecule has 0 aliphatic heterocycles. The first kappa shape index (κ1) is 19.4. The molecule has 30 heavy (non-hydrogen) atoms. The molecular weight excluding hydrogens is 382 g/mol. The van der Waals surface area contributed by atoms with Crippen LogP contribution in [0.2, 0.25) is 0 Å². The molecule has 3 heterocycles. The van der Waals surface area contributed by atoms with Crippen molar-refractivity contribution < 1.29 is 0 Å². The Balaban J connectivity index is 1.83. The minimum atomic E-state index is -0.368. The SMILES string of the molecule is CCCn1c(=O)c2[nH]c(-c3cn[nH]c3Cc3cccc(C#N)c3)nc2n(CC)c1=O. The zero-order valence-corrected chi connectivity index (χ0v) is 16.8. The van der Waals surface area contributed by atoms with E-state index in [-0.39, 0.29) is 11.2 Å². The van der Waals surface area contributed by atoms with Crippen molar-refractivity contribution in [2.75, 3.05) is 0 Å². The van der Waals surface area contributed by atoms with Crippen LogP contribution < -0.4 is 11.2 Å². The van der Waals surface area contributed by atoms with Crippen LogP contribution in [0, 0.1) is 11.3 Å². The molecule has 0 saturated heterocycles. The van der Waals surface area contributed by atoms with E-state index in [9.17, 15) is 9.59 Å². The predicted molar refractivity (Wildman–Crippen MR) is 112 cm³/mol. The number of aromatic nitrogens is 6. The maximum atomic E-state index is 12.9. The third kappa shape index (κ3) is 3.22. The number of imidazole rings is 1. The fourth-order valence-electron chi connectivity index (χ4n) is 3.61. The van der Waals surface area contributed by atoms with Crippen molar-refractivity contribution >= 4 is 11.2 Å². The van der Waals surface area contributed by atoms with Gasteiger partial charge in [-0.25, -0.2) is 9.78 Å². The van der Waals surface area contributed by atoms with Crippen LogP contribution >= 0.6 is 0 Å². The zero-order chi connectivity index (χ0) is 21.3. The first-order valence-electron chi connectivity index (χ1n) is 9.82. The Morgan fingerprint density at radius 2 is 2.03 bits per heavy atom. The molecule has 4 aromatic rings. The smallest absolute Gasteiger partial charge is 0.332 e. The number of nitrogens with one attached hydrogen (secondary N) is 2. The molecule has 3 aromatic heterocycles. The van der Waals surface area contributed by atoms with E-state index in [1.807, 2.05) is 32.0 Å². The lowest BCUT2D eigenvalue weighted by Crippen LogP contribution is -2.39. The third-order valence-electron chi connectivity index (χ3n) is 5.04. The lowest BCUT2D eigenvalue weighted by Gasteiger charge is -2.07. The second-order valence-corrected chi connectivity index (χ2v) is 7.02. The fourth-order valence-corrected chi connectivity index (χ4v) is 3.61. The molecule has 0 saturated carbocycles. The number of nitriles is 1. The highest BCUT2D eigenvalue weighted by atomic mass is 16.2. The average molecular weight is 403 g/mol. The summed E-state index contributed by atoms with van der Waals surface area (Å²) in [5, 5.41) is 16.2. The summed E-state index contributed by atoms with van der Waals surface area (Å²) in [6, 6.07) is 9.48. The van der Waals surface area contributed by atoms with Crippen LogP contribution in [0.4, 0.5) is 0 Å². The minimum Gasteiger partial charge on any atom is -0.332 e. The first-order valence-corrected chi connectivity index (χ1v) is 9.82. The van der Waals surface area contributed by atoms with E-state index in [1.54, 1.807) is 12.3 Å². The lowest BCUT2D eigenvalue weighted by atomic mass is 10.0. The van der Waals surface area contributed by atoms with Gasteiger partial charge in [-0.2, -0.15) is 10.4 Å². The predicted octanol–water partition coefficient (Wildman–Crippen LogP) is 2.17. The van der Waals surface area contributed by atoms with Gasteiger partial charge in [0, 0.05) is 19.5 Å². The monoisotopic (exact) mass is 403 g/mol. The van der Waals surface area contributed by atoms with E-state index in [4.69, 9.17) is 5.26 Å².